The van der Waals surface area contributed by atoms with E-state index in [1.165, 1.54) is 25.7 Å². The maximum atomic E-state index is 8.83. The lowest BCUT2D eigenvalue weighted by atomic mass is 9.69. The van der Waals surface area contributed by atoms with Crippen LogP contribution in [0.15, 0.2) is 24.3 Å². The van der Waals surface area contributed by atoms with Crippen molar-refractivity contribution in [2.75, 3.05) is 5.32 Å². The van der Waals surface area contributed by atoms with Crippen LogP contribution in [0.5, 0.6) is 0 Å². The zero-order valence-corrected chi connectivity index (χ0v) is 12.2. The fourth-order valence-electron chi connectivity index (χ4n) is 3.20. The zero-order valence-electron chi connectivity index (χ0n) is 12.2. The molecule has 19 heavy (non-hydrogen) atoms. The summed E-state index contributed by atoms with van der Waals surface area (Å²) in [7, 11) is 0. The Kier molecular flexibility index (Phi) is 4.14. The molecule has 102 valence electrons. The molecule has 2 unspecified atom stereocenters. The average Bonchev–Trinajstić information content (AvgIpc) is 2.39. The average molecular weight is 256 g/mol. The Hall–Kier alpha value is -1.49. The van der Waals surface area contributed by atoms with Gasteiger partial charge in [-0.2, -0.15) is 5.26 Å². The molecule has 1 aliphatic carbocycles. The van der Waals surface area contributed by atoms with Crippen LogP contribution in [0.1, 0.15) is 52.0 Å². The van der Waals surface area contributed by atoms with E-state index in [1.807, 2.05) is 24.3 Å². The van der Waals surface area contributed by atoms with Crippen molar-refractivity contribution in [1.82, 2.24) is 0 Å². The summed E-state index contributed by atoms with van der Waals surface area (Å²) in [5.41, 5.74) is 2.21. The minimum absolute atomic E-state index is 0.352. The van der Waals surface area contributed by atoms with E-state index in [4.69, 9.17) is 5.26 Å². The highest BCUT2D eigenvalue weighted by atomic mass is 14.9. The number of rotatable bonds is 2. The fourth-order valence-corrected chi connectivity index (χ4v) is 3.20. The second-order valence-electron chi connectivity index (χ2n) is 6.70. The van der Waals surface area contributed by atoms with Crippen LogP contribution in [0.4, 0.5) is 5.69 Å². The monoisotopic (exact) mass is 256 g/mol. The third kappa shape index (κ3) is 3.50. The van der Waals surface area contributed by atoms with Crippen molar-refractivity contribution < 1.29 is 0 Å². The SMILES string of the molecule is CC(C)(C)C1CCCCC1Nc1ccc(C#N)cc1. The molecule has 1 N–H and O–H groups in total. The van der Waals surface area contributed by atoms with Crippen molar-refractivity contribution in [2.24, 2.45) is 11.3 Å². The van der Waals surface area contributed by atoms with Crippen LogP contribution < -0.4 is 5.32 Å². The van der Waals surface area contributed by atoms with Crippen LogP contribution in [-0.2, 0) is 0 Å². The highest BCUT2D eigenvalue weighted by Gasteiger charge is 2.33. The molecule has 1 saturated carbocycles. The predicted molar refractivity (Wildman–Crippen MR) is 80.0 cm³/mol. The minimum atomic E-state index is 0.352. The molecule has 0 saturated heterocycles. The van der Waals surface area contributed by atoms with E-state index >= 15 is 0 Å². The molecule has 2 rings (SSSR count). The molecule has 0 bridgehead atoms. The second kappa shape index (κ2) is 5.65. The summed E-state index contributed by atoms with van der Waals surface area (Å²) in [6.07, 6.45) is 5.24. The molecular weight excluding hydrogens is 232 g/mol. The van der Waals surface area contributed by atoms with Gasteiger partial charge in [-0.1, -0.05) is 33.6 Å². The molecule has 0 spiro atoms. The van der Waals surface area contributed by atoms with Gasteiger partial charge in [0.1, 0.15) is 0 Å². The summed E-state index contributed by atoms with van der Waals surface area (Å²) in [6.45, 7) is 7.03. The van der Waals surface area contributed by atoms with E-state index in [-0.39, 0.29) is 0 Å². The first-order valence-electron chi connectivity index (χ1n) is 7.27. The van der Waals surface area contributed by atoms with E-state index in [9.17, 15) is 0 Å². The van der Waals surface area contributed by atoms with Crippen molar-refractivity contribution in [2.45, 2.75) is 52.5 Å². The topological polar surface area (TPSA) is 35.8 Å². The molecule has 2 atom stereocenters. The van der Waals surface area contributed by atoms with Gasteiger partial charge in [0.15, 0.2) is 0 Å². The molecule has 1 aliphatic rings. The van der Waals surface area contributed by atoms with Crippen LogP contribution in [-0.4, -0.2) is 6.04 Å². The molecular formula is C17H24N2. The van der Waals surface area contributed by atoms with Crippen molar-refractivity contribution in [3.63, 3.8) is 0 Å². The van der Waals surface area contributed by atoms with Crippen molar-refractivity contribution in [3.05, 3.63) is 29.8 Å². The van der Waals surface area contributed by atoms with E-state index in [0.717, 1.165) is 17.2 Å². The van der Waals surface area contributed by atoms with Gasteiger partial charge < -0.3 is 5.32 Å². The van der Waals surface area contributed by atoms with Gasteiger partial charge in [0.2, 0.25) is 0 Å². The number of benzene rings is 1. The summed E-state index contributed by atoms with van der Waals surface area (Å²) in [5, 5.41) is 12.5. The summed E-state index contributed by atoms with van der Waals surface area (Å²) >= 11 is 0. The van der Waals surface area contributed by atoms with Gasteiger partial charge in [0.25, 0.3) is 0 Å². The van der Waals surface area contributed by atoms with Gasteiger partial charge in [-0.05, 0) is 48.4 Å². The largest absolute Gasteiger partial charge is 0.382 e. The van der Waals surface area contributed by atoms with Crippen LogP contribution in [0.25, 0.3) is 0 Å². The molecule has 0 radical (unpaired) electrons. The summed E-state index contributed by atoms with van der Waals surface area (Å²) in [5.74, 6) is 0.719. The molecule has 1 aromatic rings. The van der Waals surface area contributed by atoms with Crippen LogP contribution in [0.2, 0.25) is 0 Å². The Morgan fingerprint density at radius 3 is 2.32 bits per heavy atom. The second-order valence-corrected chi connectivity index (χ2v) is 6.70. The minimum Gasteiger partial charge on any atom is -0.382 e. The van der Waals surface area contributed by atoms with Gasteiger partial charge in [0, 0.05) is 11.7 Å². The number of hydrogen-bond acceptors (Lipinski definition) is 2. The Balaban J connectivity index is 2.09. The van der Waals surface area contributed by atoms with Crippen LogP contribution in [0, 0.1) is 22.7 Å². The highest BCUT2D eigenvalue weighted by Crippen LogP contribution is 2.39. The highest BCUT2D eigenvalue weighted by molar-refractivity contribution is 5.48. The Labute approximate surface area is 116 Å². The molecule has 2 nitrogen and oxygen atoms in total. The first-order chi connectivity index (χ1) is 9.00. The number of nitrogens with one attached hydrogen (secondary N) is 1. The molecule has 1 aromatic carbocycles. The van der Waals surface area contributed by atoms with Gasteiger partial charge in [-0.15, -0.1) is 0 Å². The summed E-state index contributed by atoms with van der Waals surface area (Å²) in [4.78, 5) is 0. The predicted octanol–water partition coefficient (Wildman–Crippen LogP) is 4.58. The molecule has 0 amide bonds. The van der Waals surface area contributed by atoms with E-state index < -0.39 is 0 Å². The van der Waals surface area contributed by atoms with Gasteiger partial charge >= 0.3 is 0 Å². The van der Waals surface area contributed by atoms with Crippen molar-refractivity contribution >= 4 is 5.69 Å². The third-order valence-electron chi connectivity index (χ3n) is 4.24. The fraction of sp³-hybridized carbons (Fsp3) is 0.588. The zero-order chi connectivity index (χ0) is 13.9. The maximum absolute atomic E-state index is 8.83. The maximum Gasteiger partial charge on any atom is 0.0991 e. The first-order valence-corrected chi connectivity index (χ1v) is 7.27. The van der Waals surface area contributed by atoms with Crippen LogP contribution in [0.3, 0.4) is 0 Å². The Bertz CT molecular complexity index is 448. The molecule has 0 aromatic heterocycles. The summed E-state index contributed by atoms with van der Waals surface area (Å²) < 4.78 is 0. The summed E-state index contributed by atoms with van der Waals surface area (Å²) in [6, 6.07) is 10.5. The lowest BCUT2D eigenvalue weighted by Gasteiger charge is -2.41. The third-order valence-corrected chi connectivity index (χ3v) is 4.24. The first kappa shape index (κ1) is 13.9. The van der Waals surface area contributed by atoms with E-state index in [2.05, 4.69) is 32.2 Å². The van der Waals surface area contributed by atoms with Crippen LogP contribution >= 0.6 is 0 Å². The molecule has 2 heteroatoms. The molecule has 0 heterocycles. The normalized spacial score (nSPS) is 23.7. The van der Waals surface area contributed by atoms with Gasteiger partial charge in [-0.3, -0.25) is 0 Å². The van der Waals surface area contributed by atoms with Gasteiger partial charge in [0.05, 0.1) is 11.6 Å². The van der Waals surface area contributed by atoms with Crippen molar-refractivity contribution in [1.29, 1.82) is 5.26 Å². The Morgan fingerprint density at radius 2 is 1.74 bits per heavy atom. The quantitative estimate of drug-likeness (QED) is 0.841. The Morgan fingerprint density at radius 1 is 1.11 bits per heavy atom. The smallest absolute Gasteiger partial charge is 0.0991 e. The van der Waals surface area contributed by atoms with E-state index in [1.54, 1.807) is 0 Å². The lowest BCUT2D eigenvalue weighted by Crippen LogP contribution is -2.39. The van der Waals surface area contributed by atoms with Crippen molar-refractivity contribution in [3.8, 4) is 6.07 Å². The standard InChI is InChI=1S/C17H24N2/c1-17(2,3)15-6-4-5-7-16(15)19-14-10-8-13(12-18)9-11-14/h8-11,15-16,19H,4-7H2,1-3H3. The molecule has 1 fully saturated rings. The van der Waals surface area contributed by atoms with Gasteiger partial charge in [-0.25, -0.2) is 0 Å². The number of nitriles is 1. The molecule has 0 aliphatic heterocycles. The number of hydrogen-bond donors (Lipinski definition) is 1. The number of anilines is 1. The number of nitrogens with zero attached hydrogens (tertiary/aromatic N) is 1. The van der Waals surface area contributed by atoms with E-state index in [0.29, 0.717) is 11.5 Å². The lowest BCUT2D eigenvalue weighted by molar-refractivity contribution is 0.163.